The van der Waals surface area contributed by atoms with Gasteiger partial charge in [0.25, 0.3) is 0 Å². The topological polar surface area (TPSA) is 52.7 Å². The highest BCUT2D eigenvalue weighted by atomic mass is 16.2. The fraction of sp³-hybridized carbons (Fsp3) is 0.833. The van der Waals surface area contributed by atoms with Gasteiger partial charge in [0.2, 0.25) is 5.91 Å². The standard InChI is InChI=1S/C12H21N3O2/c16-11(14-7-2-1-3-8-14)5-10-15-9-4-6-13-12(15)17/h1-10H2,(H,13,17). The summed E-state index contributed by atoms with van der Waals surface area (Å²) in [6.07, 6.45) is 4.92. The number of urea groups is 1. The summed E-state index contributed by atoms with van der Waals surface area (Å²) in [4.78, 5) is 27.1. The number of carbonyl (C=O) groups excluding carboxylic acids is 2. The zero-order valence-electron chi connectivity index (χ0n) is 10.3. The summed E-state index contributed by atoms with van der Waals surface area (Å²) in [6.45, 7) is 3.88. The van der Waals surface area contributed by atoms with Crippen molar-refractivity contribution in [3.8, 4) is 0 Å². The van der Waals surface area contributed by atoms with Crippen molar-refractivity contribution in [1.29, 1.82) is 0 Å². The highest BCUT2D eigenvalue weighted by molar-refractivity contribution is 5.78. The van der Waals surface area contributed by atoms with E-state index in [4.69, 9.17) is 0 Å². The summed E-state index contributed by atoms with van der Waals surface area (Å²) < 4.78 is 0. The van der Waals surface area contributed by atoms with Crippen LogP contribution in [-0.2, 0) is 4.79 Å². The lowest BCUT2D eigenvalue weighted by Gasteiger charge is -2.30. The van der Waals surface area contributed by atoms with Crippen LogP contribution in [0.5, 0.6) is 0 Å². The van der Waals surface area contributed by atoms with E-state index in [9.17, 15) is 9.59 Å². The average Bonchev–Trinajstić information content (AvgIpc) is 2.38. The van der Waals surface area contributed by atoms with Crippen LogP contribution in [0.15, 0.2) is 0 Å². The Morgan fingerprint density at radius 1 is 1.12 bits per heavy atom. The molecule has 0 unspecified atom stereocenters. The van der Waals surface area contributed by atoms with Gasteiger partial charge in [-0.15, -0.1) is 0 Å². The molecule has 0 atom stereocenters. The summed E-state index contributed by atoms with van der Waals surface area (Å²) in [6, 6.07) is -0.0253. The van der Waals surface area contributed by atoms with E-state index in [2.05, 4.69) is 5.32 Å². The van der Waals surface area contributed by atoms with E-state index in [1.807, 2.05) is 4.90 Å². The predicted octanol–water partition coefficient (Wildman–Crippen LogP) is 0.804. The second-order valence-corrected chi connectivity index (χ2v) is 4.76. The first-order valence-electron chi connectivity index (χ1n) is 6.58. The molecule has 0 aromatic carbocycles. The van der Waals surface area contributed by atoms with E-state index in [1.54, 1.807) is 4.90 Å². The molecular formula is C12H21N3O2. The third-order valence-electron chi connectivity index (χ3n) is 3.47. The fourth-order valence-electron chi connectivity index (χ4n) is 2.42. The molecule has 96 valence electrons. The molecule has 2 rings (SSSR count). The molecule has 2 aliphatic rings. The van der Waals surface area contributed by atoms with Crippen LogP contribution in [0.2, 0.25) is 0 Å². The monoisotopic (exact) mass is 239 g/mol. The molecule has 5 nitrogen and oxygen atoms in total. The Morgan fingerprint density at radius 2 is 1.88 bits per heavy atom. The van der Waals surface area contributed by atoms with Crippen molar-refractivity contribution in [2.24, 2.45) is 0 Å². The van der Waals surface area contributed by atoms with Crippen LogP contribution in [0.25, 0.3) is 0 Å². The highest BCUT2D eigenvalue weighted by Gasteiger charge is 2.21. The van der Waals surface area contributed by atoms with Crippen molar-refractivity contribution in [3.05, 3.63) is 0 Å². The molecule has 2 fully saturated rings. The van der Waals surface area contributed by atoms with Gasteiger partial charge in [-0.05, 0) is 25.7 Å². The molecule has 2 saturated heterocycles. The van der Waals surface area contributed by atoms with E-state index in [0.29, 0.717) is 13.0 Å². The SMILES string of the molecule is O=C(CCN1CCCNC1=O)N1CCCCC1. The minimum absolute atomic E-state index is 0.0253. The molecule has 2 heterocycles. The van der Waals surface area contributed by atoms with Crippen LogP contribution < -0.4 is 5.32 Å². The van der Waals surface area contributed by atoms with Gasteiger partial charge >= 0.3 is 6.03 Å². The Kier molecular flexibility index (Phi) is 4.23. The number of carbonyl (C=O) groups is 2. The molecule has 0 saturated carbocycles. The fourth-order valence-corrected chi connectivity index (χ4v) is 2.42. The molecule has 0 bridgehead atoms. The first kappa shape index (κ1) is 12.2. The van der Waals surface area contributed by atoms with Crippen LogP contribution >= 0.6 is 0 Å². The summed E-state index contributed by atoms with van der Waals surface area (Å²) in [5.74, 6) is 0.197. The number of piperidine rings is 1. The van der Waals surface area contributed by atoms with Gasteiger partial charge in [0.05, 0.1) is 0 Å². The van der Waals surface area contributed by atoms with Gasteiger partial charge in [-0.2, -0.15) is 0 Å². The smallest absolute Gasteiger partial charge is 0.317 e. The zero-order valence-corrected chi connectivity index (χ0v) is 10.3. The Morgan fingerprint density at radius 3 is 2.59 bits per heavy atom. The van der Waals surface area contributed by atoms with Crippen molar-refractivity contribution >= 4 is 11.9 Å². The van der Waals surface area contributed by atoms with Crippen LogP contribution in [0.3, 0.4) is 0 Å². The zero-order chi connectivity index (χ0) is 12.1. The molecule has 0 aromatic rings. The van der Waals surface area contributed by atoms with Crippen LogP contribution in [0.4, 0.5) is 4.79 Å². The van der Waals surface area contributed by atoms with Gasteiger partial charge in [-0.3, -0.25) is 4.79 Å². The predicted molar refractivity (Wildman–Crippen MR) is 64.6 cm³/mol. The minimum atomic E-state index is -0.0253. The highest BCUT2D eigenvalue weighted by Crippen LogP contribution is 2.10. The number of hydrogen-bond acceptors (Lipinski definition) is 2. The van der Waals surface area contributed by atoms with E-state index >= 15 is 0 Å². The largest absolute Gasteiger partial charge is 0.343 e. The first-order valence-corrected chi connectivity index (χ1v) is 6.58. The molecule has 3 amide bonds. The third kappa shape index (κ3) is 3.35. The normalized spacial score (nSPS) is 21.3. The number of nitrogens with zero attached hydrogens (tertiary/aromatic N) is 2. The molecule has 1 N–H and O–H groups in total. The van der Waals surface area contributed by atoms with E-state index in [-0.39, 0.29) is 11.9 Å². The van der Waals surface area contributed by atoms with Gasteiger partial charge in [0, 0.05) is 39.1 Å². The molecule has 2 aliphatic heterocycles. The molecule has 5 heteroatoms. The minimum Gasteiger partial charge on any atom is -0.343 e. The molecule has 17 heavy (non-hydrogen) atoms. The lowest BCUT2D eigenvalue weighted by molar-refractivity contribution is -0.132. The number of amides is 3. The number of nitrogens with one attached hydrogen (secondary N) is 1. The van der Waals surface area contributed by atoms with Crippen molar-refractivity contribution in [2.75, 3.05) is 32.7 Å². The van der Waals surface area contributed by atoms with Crippen LogP contribution in [0, 0.1) is 0 Å². The van der Waals surface area contributed by atoms with Gasteiger partial charge in [0.1, 0.15) is 0 Å². The first-order chi connectivity index (χ1) is 8.27. The maximum Gasteiger partial charge on any atom is 0.317 e. The summed E-state index contributed by atoms with van der Waals surface area (Å²) >= 11 is 0. The number of likely N-dealkylation sites (tertiary alicyclic amines) is 1. The lowest BCUT2D eigenvalue weighted by Crippen LogP contribution is -2.47. The van der Waals surface area contributed by atoms with Crippen LogP contribution in [-0.4, -0.2) is 54.5 Å². The van der Waals surface area contributed by atoms with Crippen molar-refractivity contribution in [3.63, 3.8) is 0 Å². The van der Waals surface area contributed by atoms with Crippen molar-refractivity contribution in [1.82, 2.24) is 15.1 Å². The Labute approximate surface area is 102 Å². The summed E-state index contributed by atoms with van der Waals surface area (Å²) in [7, 11) is 0. The van der Waals surface area contributed by atoms with Crippen molar-refractivity contribution < 1.29 is 9.59 Å². The Balaban J connectivity index is 1.73. The second kappa shape index (κ2) is 5.89. The molecular weight excluding hydrogens is 218 g/mol. The number of rotatable bonds is 3. The van der Waals surface area contributed by atoms with Gasteiger partial charge in [0.15, 0.2) is 0 Å². The number of hydrogen-bond donors (Lipinski definition) is 1. The average molecular weight is 239 g/mol. The Hall–Kier alpha value is -1.26. The summed E-state index contributed by atoms with van der Waals surface area (Å²) in [5.41, 5.74) is 0. The molecule has 0 aromatic heterocycles. The van der Waals surface area contributed by atoms with E-state index in [0.717, 1.165) is 45.4 Å². The summed E-state index contributed by atoms with van der Waals surface area (Å²) in [5, 5.41) is 2.80. The van der Waals surface area contributed by atoms with Gasteiger partial charge in [-0.1, -0.05) is 0 Å². The van der Waals surface area contributed by atoms with Crippen molar-refractivity contribution in [2.45, 2.75) is 32.1 Å². The van der Waals surface area contributed by atoms with E-state index < -0.39 is 0 Å². The quantitative estimate of drug-likeness (QED) is 0.792. The van der Waals surface area contributed by atoms with Gasteiger partial charge < -0.3 is 15.1 Å². The molecule has 0 aliphatic carbocycles. The molecule has 0 radical (unpaired) electrons. The Bertz CT molecular complexity index is 287. The second-order valence-electron chi connectivity index (χ2n) is 4.76. The maximum absolute atomic E-state index is 11.9. The van der Waals surface area contributed by atoms with Crippen LogP contribution in [0.1, 0.15) is 32.1 Å². The third-order valence-corrected chi connectivity index (χ3v) is 3.47. The van der Waals surface area contributed by atoms with Gasteiger partial charge in [-0.25, -0.2) is 4.79 Å². The lowest BCUT2D eigenvalue weighted by atomic mass is 10.1. The molecule has 0 spiro atoms. The maximum atomic E-state index is 11.9. The van der Waals surface area contributed by atoms with E-state index in [1.165, 1.54) is 6.42 Å².